The summed E-state index contributed by atoms with van der Waals surface area (Å²) in [4.78, 5) is 42.4. The van der Waals surface area contributed by atoms with E-state index >= 15 is 0 Å². The van der Waals surface area contributed by atoms with Crippen LogP contribution in [0.3, 0.4) is 0 Å². The third-order valence-corrected chi connectivity index (χ3v) is 5.46. The molecule has 0 saturated carbocycles. The monoisotopic (exact) mass is 381 g/mol. The van der Waals surface area contributed by atoms with Crippen molar-refractivity contribution in [2.24, 2.45) is 13.0 Å². The maximum absolute atomic E-state index is 13.2. The fraction of sp³-hybridized carbons (Fsp3) is 0.381. The van der Waals surface area contributed by atoms with Gasteiger partial charge in [0.05, 0.1) is 28.9 Å². The number of piperidine rings is 1. The minimum Gasteiger partial charge on any atom is -0.466 e. The van der Waals surface area contributed by atoms with Crippen LogP contribution in [0.15, 0.2) is 35.1 Å². The zero-order valence-corrected chi connectivity index (χ0v) is 16.0. The Morgan fingerprint density at radius 3 is 2.82 bits per heavy atom. The van der Waals surface area contributed by atoms with Crippen LogP contribution >= 0.6 is 0 Å². The van der Waals surface area contributed by atoms with E-state index in [1.165, 1.54) is 0 Å². The van der Waals surface area contributed by atoms with E-state index in [9.17, 15) is 14.4 Å². The van der Waals surface area contributed by atoms with Gasteiger partial charge in [-0.3, -0.25) is 14.4 Å². The lowest BCUT2D eigenvalue weighted by Crippen LogP contribution is -2.43. The summed E-state index contributed by atoms with van der Waals surface area (Å²) in [5, 5.41) is 1.38. The van der Waals surface area contributed by atoms with E-state index < -0.39 is 0 Å². The van der Waals surface area contributed by atoms with Crippen LogP contribution in [-0.4, -0.2) is 46.0 Å². The highest BCUT2D eigenvalue weighted by Gasteiger charge is 2.31. The van der Waals surface area contributed by atoms with Crippen LogP contribution < -0.4 is 5.56 Å². The average Bonchev–Trinajstić information content (AvgIpc) is 3.06. The molecule has 1 fully saturated rings. The van der Waals surface area contributed by atoms with E-state index in [-0.39, 0.29) is 23.4 Å². The predicted molar refractivity (Wildman–Crippen MR) is 106 cm³/mol. The zero-order chi connectivity index (χ0) is 19.8. The number of pyridine rings is 1. The first-order valence-corrected chi connectivity index (χ1v) is 9.57. The Hall–Kier alpha value is -3.09. The van der Waals surface area contributed by atoms with E-state index in [1.54, 1.807) is 29.5 Å². The van der Waals surface area contributed by atoms with Gasteiger partial charge in [0.1, 0.15) is 5.69 Å². The summed E-state index contributed by atoms with van der Waals surface area (Å²) in [6, 6.07) is 9.20. The maximum Gasteiger partial charge on any atom is 0.310 e. The summed E-state index contributed by atoms with van der Waals surface area (Å²) in [5.41, 5.74) is 1.70. The number of hydrogen-bond donors (Lipinski definition) is 1. The molecule has 7 heteroatoms. The molecule has 3 heterocycles. The number of aryl methyl sites for hydroxylation is 1. The second-order valence-corrected chi connectivity index (χ2v) is 7.19. The lowest BCUT2D eigenvalue weighted by atomic mass is 9.98. The number of esters is 1. The summed E-state index contributed by atoms with van der Waals surface area (Å²) in [5.74, 6) is -0.716. The number of carbonyl (C=O) groups excluding carboxylic acids is 2. The van der Waals surface area contributed by atoms with Gasteiger partial charge in [0.2, 0.25) is 0 Å². The number of hydrogen-bond acceptors (Lipinski definition) is 4. The van der Waals surface area contributed by atoms with Crippen LogP contribution in [-0.2, 0) is 16.6 Å². The topological polar surface area (TPSA) is 84.4 Å². The Morgan fingerprint density at radius 1 is 1.25 bits per heavy atom. The molecule has 1 aliphatic heterocycles. The van der Waals surface area contributed by atoms with Crippen molar-refractivity contribution in [3.63, 3.8) is 0 Å². The number of fused-ring (bicyclic) bond motifs is 3. The molecule has 4 rings (SSSR count). The van der Waals surface area contributed by atoms with Crippen LogP contribution in [0.1, 0.15) is 30.3 Å². The molecule has 1 atom stereocenters. The zero-order valence-electron chi connectivity index (χ0n) is 16.0. The lowest BCUT2D eigenvalue weighted by molar-refractivity contribution is -0.149. The number of benzene rings is 1. The number of carbonyl (C=O) groups is 2. The van der Waals surface area contributed by atoms with Crippen molar-refractivity contribution >= 4 is 33.7 Å². The van der Waals surface area contributed by atoms with E-state index in [2.05, 4.69) is 4.98 Å². The standard InChI is InChI=1S/C21H23N3O4/c1-3-28-21(27)13-7-6-10-24(12-13)20(26)17-11-15-18(23(17)2)14-8-4-5-9-16(14)22-19(15)25/h4-5,8-9,11,13H,3,6-7,10,12H2,1-2H3,(H,22,25). The van der Waals surface area contributed by atoms with Gasteiger partial charge < -0.3 is 19.2 Å². The molecule has 1 aromatic carbocycles. The van der Waals surface area contributed by atoms with Gasteiger partial charge >= 0.3 is 5.97 Å². The first-order valence-electron chi connectivity index (χ1n) is 9.57. The van der Waals surface area contributed by atoms with Crippen LogP contribution in [0.25, 0.3) is 21.8 Å². The van der Waals surface area contributed by atoms with E-state index in [1.807, 2.05) is 24.3 Å². The summed E-state index contributed by atoms with van der Waals surface area (Å²) >= 11 is 0. The third kappa shape index (κ3) is 2.96. The van der Waals surface area contributed by atoms with Gasteiger partial charge in [-0.2, -0.15) is 0 Å². The molecule has 1 amide bonds. The number of nitrogens with zero attached hydrogens (tertiary/aromatic N) is 2. The minimum atomic E-state index is -0.295. The molecule has 0 bridgehead atoms. The predicted octanol–water partition coefficient (Wildman–Crippen LogP) is 2.44. The maximum atomic E-state index is 13.2. The Labute approximate surface area is 161 Å². The van der Waals surface area contributed by atoms with Crippen molar-refractivity contribution in [2.75, 3.05) is 19.7 Å². The third-order valence-electron chi connectivity index (χ3n) is 5.46. The van der Waals surface area contributed by atoms with Gasteiger partial charge in [0.25, 0.3) is 11.5 Å². The van der Waals surface area contributed by atoms with Gasteiger partial charge in [-0.25, -0.2) is 0 Å². The SMILES string of the molecule is CCOC(=O)C1CCCN(C(=O)c2cc3c(=O)[nH]c4ccccc4c3n2C)C1. The Balaban J connectivity index is 1.73. The summed E-state index contributed by atoms with van der Waals surface area (Å²) < 4.78 is 6.90. The number of para-hydroxylation sites is 1. The summed E-state index contributed by atoms with van der Waals surface area (Å²) in [6.07, 6.45) is 1.48. The van der Waals surface area contributed by atoms with Crippen molar-refractivity contribution in [1.82, 2.24) is 14.5 Å². The first-order chi connectivity index (χ1) is 13.5. The highest BCUT2D eigenvalue weighted by Crippen LogP contribution is 2.26. The minimum absolute atomic E-state index is 0.170. The number of H-pyrrole nitrogens is 1. The van der Waals surface area contributed by atoms with Crippen molar-refractivity contribution in [3.8, 4) is 0 Å². The second kappa shape index (κ2) is 7.14. The molecule has 1 N–H and O–H groups in total. The Kier molecular flexibility index (Phi) is 4.66. The van der Waals surface area contributed by atoms with Crippen LogP contribution in [0.5, 0.6) is 0 Å². The molecule has 146 valence electrons. The van der Waals surface area contributed by atoms with Crippen molar-refractivity contribution < 1.29 is 14.3 Å². The molecular weight excluding hydrogens is 358 g/mol. The molecule has 0 radical (unpaired) electrons. The second-order valence-electron chi connectivity index (χ2n) is 7.19. The van der Waals surface area contributed by atoms with Gasteiger partial charge in [0, 0.05) is 25.5 Å². The van der Waals surface area contributed by atoms with Gasteiger partial charge in [0.15, 0.2) is 0 Å². The fourth-order valence-electron chi connectivity index (χ4n) is 4.07. The number of amides is 1. The number of ether oxygens (including phenoxy) is 1. The molecule has 28 heavy (non-hydrogen) atoms. The number of aromatic amines is 1. The quantitative estimate of drug-likeness (QED) is 0.706. The molecule has 0 spiro atoms. The van der Waals surface area contributed by atoms with Crippen molar-refractivity contribution in [3.05, 3.63) is 46.4 Å². The fourth-order valence-corrected chi connectivity index (χ4v) is 4.07. The van der Waals surface area contributed by atoms with E-state index in [4.69, 9.17) is 4.74 Å². The number of likely N-dealkylation sites (tertiary alicyclic amines) is 1. The smallest absolute Gasteiger partial charge is 0.310 e. The lowest BCUT2D eigenvalue weighted by Gasteiger charge is -2.31. The summed E-state index contributed by atoms with van der Waals surface area (Å²) in [6.45, 7) is 3.05. The molecule has 1 unspecified atom stereocenters. The highest BCUT2D eigenvalue weighted by molar-refractivity contribution is 6.08. The summed E-state index contributed by atoms with van der Waals surface area (Å²) in [7, 11) is 1.80. The largest absolute Gasteiger partial charge is 0.466 e. The van der Waals surface area contributed by atoms with Gasteiger partial charge in [-0.15, -0.1) is 0 Å². The average molecular weight is 381 g/mol. The van der Waals surface area contributed by atoms with Crippen LogP contribution in [0, 0.1) is 5.92 Å². The normalized spacial score (nSPS) is 17.2. The van der Waals surface area contributed by atoms with Crippen LogP contribution in [0.2, 0.25) is 0 Å². The van der Waals surface area contributed by atoms with Gasteiger partial charge in [-0.1, -0.05) is 18.2 Å². The van der Waals surface area contributed by atoms with Crippen LogP contribution in [0.4, 0.5) is 0 Å². The van der Waals surface area contributed by atoms with Gasteiger partial charge in [-0.05, 0) is 31.9 Å². The molecule has 1 saturated heterocycles. The van der Waals surface area contributed by atoms with Crippen molar-refractivity contribution in [1.29, 1.82) is 0 Å². The molecule has 3 aromatic rings. The molecule has 0 aliphatic carbocycles. The number of aromatic nitrogens is 2. The number of rotatable bonds is 3. The highest BCUT2D eigenvalue weighted by atomic mass is 16.5. The molecule has 7 nitrogen and oxygen atoms in total. The number of nitrogens with one attached hydrogen (secondary N) is 1. The van der Waals surface area contributed by atoms with Crippen molar-refractivity contribution in [2.45, 2.75) is 19.8 Å². The molecule has 2 aromatic heterocycles. The Morgan fingerprint density at radius 2 is 2.04 bits per heavy atom. The molecule has 1 aliphatic rings. The van der Waals surface area contributed by atoms with E-state index in [0.717, 1.165) is 29.3 Å². The van der Waals surface area contributed by atoms with E-state index in [0.29, 0.717) is 30.8 Å². The first kappa shape index (κ1) is 18.3. The molecular formula is C21H23N3O4. The Bertz CT molecular complexity index is 1130.